The van der Waals surface area contributed by atoms with Gasteiger partial charge in [-0.25, -0.2) is 5.01 Å². The van der Waals surface area contributed by atoms with Crippen molar-refractivity contribution in [2.75, 3.05) is 7.11 Å². The third-order valence-corrected chi connectivity index (χ3v) is 5.14. The molecule has 0 unspecified atom stereocenters. The number of aliphatic carboxylic acids is 1. The molecule has 0 radical (unpaired) electrons. The molecule has 1 amide bonds. The molecule has 3 rings (SSSR count). The minimum Gasteiger partial charge on any atom is -0.550 e. The lowest BCUT2D eigenvalue weighted by atomic mass is 9.97. The van der Waals surface area contributed by atoms with Gasteiger partial charge in [0.1, 0.15) is 5.75 Å². The molecule has 28 heavy (non-hydrogen) atoms. The number of hydrogen-bond acceptors (Lipinski definition) is 5. The molecule has 0 saturated heterocycles. The van der Waals surface area contributed by atoms with E-state index in [0.717, 1.165) is 21.3 Å². The summed E-state index contributed by atoms with van der Waals surface area (Å²) in [5.41, 5.74) is 2.61. The van der Waals surface area contributed by atoms with E-state index in [0.29, 0.717) is 12.2 Å². The van der Waals surface area contributed by atoms with Gasteiger partial charge >= 0.3 is 0 Å². The minimum atomic E-state index is -1.16. The van der Waals surface area contributed by atoms with Crippen molar-refractivity contribution >= 4 is 33.5 Å². The molecule has 0 aliphatic carbocycles. The lowest BCUT2D eigenvalue weighted by Crippen LogP contribution is -2.28. The van der Waals surface area contributed by atoms with Crippen LogP contribution in [-0.4, -0.2) is 29.7 Å². The largest absolute Gasteiger partial charge is 0.550 e. The summed E-state index contributed by atoms with van der Waals surface area (Å²) in [6.07, 6.45) is 0.715. The Hall–Kier alpha value is -2.67. The lowest BCUT2D eigenvalue weighted by molar-refractivity contribution is -0.305. The van der Waals surface area contributed by atoms with Crippen molar-refractivity contribution < 1.29 is 19.4 Å². The topological polar surface area (TPSA) is 82.0 Å². The Morgan fingerprint density at radius 2 is 1.89 bits per heavy atom. The van der Waals surface area contributed by atoms with Gasteiger partial charge < -0.3 is 14.6 Å². The summed E-state index contributed by atoms with van der Waals surface area (Å²) in [5.74, 6) is -0.689. The van der Waals surface area contributed by atoms with E-state index in [1.807, 2.05) is 48.5 Å². The van der Waals surface area contributed by atoms with Gasteiger partial charge in [-0.1, -0.05) is 46.3 Å². The maximum Gasteiger partial charge on any atom is 0.243 e. The Labute approximate surface area is 171 Å². The van der Waals surface area contributed by atoms with Crippen LogP contribution in [0.15, 0.2) is 58.1 Å². The average Bonchev–Trinajstić information content (AvgIpc) is 3.13. The monoisotopic (exact) mass is 443 g/mol. The number of benzene rings is 2. The van der Waals surface area contributed by atoms with Gasteiger partial charge in [0.25, 0.3) is 0 Å². The highest BCUT2D eigenvalue weighted by atomic mass is 79.9. The van der Waals surface area contributed by atoms with Crippen LogP contribution in [0.1, 0.15) is 42.9 Å². The zero-order valence-corrected chi connectivity index (χ0v) is 17.0. The molecule has 1 aliphatic heterocycles. The number of hydrogen-bond donors (Lipinski definition) is 0. The van der Waals surface area contributed by atoms with Crippen LogP contribution < -0.4 is 9.84 Å². The van der Waals surface area contributed by atoms with E-state index in [4.69, 9.17) is 4.74 Å². The summed E-state index contributed by atoms with van der Waals surface area (Å²) in [6.45, 7) is 0. The van der Waals surface area contributed by atoms with Crippen molar-refractivity contribution in [3.8, 4) is 5.75 Å². The fourth-order valence-electron chi connectivity index (χ4n) is 3.24. The Kier molecular flexibility index (Phi) is 6.46. The molecular weight excluding hydrogens is 424 g/mol. The number of carboxylic acid groups (broad SMARTS) is 1. The maximum absolute atomic E-state index is 12.8. The Morgan fingerprint density at radius 3 is 2.57 bits per heavy atom. The third-order valence-electron chi connectivity index (χ3n) is 4.61. The first-order valence-corrected chi connectivity index (χ1v) is 9.77. The molecule has 146 valence electrons. The van der Waals surface area contributed by atoms with Gasteiger partial charge in [-0.05, 0) is 36.6 Å². The summed E-state index contributed by atoms with van der Waals surface area (Å²) in [4.78, 5) is 23.5. The number of carbonyl (C=O) groups excluding carboxylic acids is 2. The molecule has 0 spiro atoms. The van der Waals surface area contributed by atoms with Gasteiger partial charge in [-0.3, -0.25) is 4.79 Å². The van der Waals surface area contributed by atoms with E-state index in [1.165, 1.54) is 5.01 Å². The van der Waals surface area contributed by atoms with Crippen molar-refractivity contribution in [1.82, 2.24) is 5.01 Å². The predicted molar refractivity (Wildman–Crippen MR) is 107 cm³/mol. The highest BCUT2D eigenvalue weighted by Gasteiger charge is 2.34. The first-order chi connectivity index (χ1) is 13.5. The minimum absolute atomic E-state index is 0.0940. The van der Waals surface area contributed by atoms with Crippen molar-refractivity contribution in [3.05, 3.63) is 64.1 Å². The Morgan fingerprint density at radius 1 is 1.18 bits per heavy atom. The second kappa shape index (κ2) is 9.01. The fraction of sp³-hybridized carbons (Fsp3) is 0.286. The summed E-state index contributed by atoms with van der Waals surface area (Å²) in [7, 11) is 1.59. The summed E-state index contributed by atoms with van der Waals surface area (Å²) in [5, 5.41) is 16.7. The number of hydrazone groups is 1. The molecule has 0 saturated carbocycles. The van der Waals surface area contributed by atoms with Crippen molar-refractivity contribution in [3.63, 3.8) is 0 Å². The van der Waals surface area contributed by atoms with E-state index in [2.05, 4.69) is 21.0 Å². The van der Waals surface area contributed by atoms with Gasteiger partial charge in [0.05, 0.1) is 18.9 Å². The molecule has 0 fully saturated rings. The number of rotatable bonds is 7. The molecule has 1 atom stereocenters. The van der Waals surface area contributed by atoms with E-state index in [9.17, 15) is 14.7 Å². The van der Waals surface area contributed by atoms with Crippen LogP contribution in [0.2, 0.25) is 0 Å². The van der Waals surface area contributed by atoms with Crippen LogP contribution in [0.4, 0.5) is 0 Å². The van der Waals surface area contributed by atoms with Crippen molar-refractivity contribution in [2.45, 2.75) is 31.7 Å². The first kappa shape index (κ1) is 20.1. The second-order valence-electron chi connectivity index (χ2n) is 6.48. The van der Waals surface area contributed by atoms with Crippen LogP contribution in [0.25, 0.3) is 0 Å². The van der Waals surface area contributed by atoms with Gasteiger partial charge in [0.15, 0.2) is 0 Å². The standard InChI is InChI=1S/C21H21BrN2O4/c1-28-19-6-3-2-5-16(19)18-13-17(14-9-11-15(22)12-10-14)23-24(18)20(25)7-4-8-21(26)27/h2-3,5-6,9-12,18H,4,7-8,13H2,1H3,(H,26,27)/p-1/t18-/m0/s1. The Balaban J connectivity index is 1.90. The van der Waals surface area contributed by atoms with Crippen molar-refractivity contribution in [1.29, 1.82) is 0 Å². The summed E-state index contributed by atoms with van der Waals surface area (Å²) >= 11 is 3.42. The second-order valence-corrected chi connectivity index (χ2v) is 7.40. The molecule has 0 bridgehead atoms. The predicted octanol–water partition coefficient (Wildman–Crippen LogP) is 3.06. The number of methoxy groups -OCH3 is 1. The van der Waals surface area contributed by atoms with Crippen LogP contribution in [0, 0.1) is 0 Å². The summed E-state index contributed by atoms with van der Waals surface area (Å²) in [6, 6.07) is 15.0. The van der Waals surface area contributed by atoms with Crippen LogP contribution >= 0.6 is 15.9 Å². The molecule has 7 heteroatoms. The molecule has 1 aliphatic rings. The smallest absolute Gasteiger partial charge is 0.243 e. The van der Waals surface area contributed by atoms with Crippen LogP contribution in [0.5, 0.6) is 5.75 Å². The zero-order chi connectivity index (χ0) is 20.1. The number of carbonyl (C=O) groups is 2. The van der Waals surface area contributed by atoms with Gasteiger partial charge in [-0.15, -0.1) is 0 Å². The molecule has 2 aromatic rings. The quantitative estimate of drug-likeness (QED) is 0.658. The van der Waals surface area contributed by atoms with E-state index < -0.39 is 5.97 Å². The molecule has 6 nitrogen and oxygen atoms in total. The zero-order valence-electron chi connectivity index (χ0n) is 15.4. The molecule has 0 aromatic heterocycles. The van der Waals surface area contributed by atoms with Crippen LogP contribution in [0.3, 0.4) is 0 Å². The number of amides is 1. The Bertz CT molecular complexity index is 896. The van der Waals surface area contributed by atoms with E-state index >= 15 is 0 Å². The number of carboxylic acids is 1. The lowest BCUT2D eigenvalue weighted by Gasteiger charge is -2.23. The SMILES string of the molecule is COc1ccccc1[C@@H]1CC(c2ccc(Br)cc2)=NN1C(=O)CCCC(=O)[O-]. The number of para-hydroxylation sites is 1. The molecule has 1 heterocycles. The van der Waals surface area contributed by atoms with Gasteiger partial charge in [-0.2, -0.15) is 5.10 Å². The number of halogens is 1. The van der Waals surface area contributed by atoms with Crippen molar-refractivity contribution in [2.24, 2.45) is 5.10 Å². The third kappa shape index (κ3) is 4.59. The molecule has 2 aromatic carbocycles. The van der Waals surface area contributed by atoms with Crippen LogP contribution in [-0.2, 0) is 9.59 Å². The van der Waals surface area contributed by atoms with Gasteiger partial charge in [0.2, 0.25) is 5.91 Å². The normalized spacial score (nSPS) is 16.0. The fourth-order valence-corrected chi connectivity index (χ4v) is 3.50. The number of ether oxygens (including phenoxy) is 1. The maximum atomic E-state index is 12.8. The van der Waals surface area contributed by atoms with E-state index in [-0.39, 0.29) is 31.2 Å². The average molecular weight is 444 g/mol. The summed E-state index contributed by atoms with van der Waals surface area (Å²) < 4.78 is 6.44. The first-order valence-electron chi connectivity index (χ1n) is 8.98. The highest BCUT2D eigenvalue weighted by molar-refractivity contribution is 9.10. The number of nitrogens with zero attached hydrogens (tertiary/aromatic N) is 2. The molecule has 0 N–H and O–H groups in total. The highest BCUT2D eigenvalue weighted by Crippen LogP contribution is 2.37. The van der Waals surface area contributed by atoms with E-state index in [1.54, 1.807) is 7.11 Å². The molecular formula is C21H20BrN2O4-. The van der Waals surface area contributed by atoms with Gasteiger partial charge in [0, 0.05) is 28.8 Å².